The van der Waals surface area contributed by atoms with Crippen LogP contribution in [0.3, 0.4) is 0 Å². The summed E-state index contributed by atoms with van der Waals surface area (Å²) >= 11 is 0. The molecule has 84 valence electrons. The Morgan fingerprint density at radius 2 is 1.71 bits per heavy atom. The Morgan fingerprint density at radius 3 is 2.00 bits per heavy atom. The molecule has 0 aliphatic heterocycles. The van der Waals surface area contributed by atoms with Gasteiger partial charge in [-0.2, -0.15) is 0 Å². The molecule has 0 aromatic heterocycles. The van der Waals surface area contributed by atoms with Crippen LogP contribution in [-0.2, 0) is 14.8 Å². The van der Waals surface area contributed by atoms with Gasteiger partial charge in [0.2, 0.25) is 15.9 Å². The second-order valence-corrected chi connectivity index (χ2v) is 7.09. The van der Waals surface area contributed by atoms with Crippen LogP contribution in [0.4, 0.5) is 0 Å². The van der Waals surface area contributed by atoms with Crippen molar-refractivity contribution < 1.29 is 13.2 Å². The van der Waals surface area contributed by atoms with Crippen LogP contribution in [0.5, 0.6) is 0 Å². The van der Waals surface area contributed by atoms with Crippen LogP contribution in [0.25, 0.3) is 0 Å². The third-order valence-corrected chi connectivity index (χ3v) is 3.32. The second-order valence-electron chi connectivity index (χ2n) is 4.86. The highest BCUT2D eigenvalue weighted by molar-refractivity contribution is 7.90. The number of hydrogen-bond acceptors (Lipinski definition) is 3. The highest BCUT2D eigenvalue weighted by atomic mass is 32.2. The van der Waals surface area contributed by atoms with E-state index in [0.29, 0.717) is 0 Å². The zero-order chi connectivity index (χ0) is 11.6. The zero-order valence-corrected chi connectivity index (χ0v) is 10.2. The molecule has 1 amide bonds. The summed E-state index contributed by atoms with van der Waals surface area (Å²) in [5.74, 6) is -0.439. The minimum Gasteiger partial charge on any atom is -0.274 e. The molecule has 0 saturated carbocycles. The van der Waals surface area contributed by atoms with E-state index in [1.54, 1.807) is 0 Å². The van der Waals surface area contributed by atoms with Crippen LogP contribution in [0.15, 0.2) is 0 Å². The van der Waals surface area contributed by atoms with E-state index < -0.39 is 21.2 Å². The maximum atomic E-state index is 11.3. The standard InChI is InChI=1S/C9H19NO3S/c1-7(2)14(12,13)10-8(11)6-9(3,4)5/h7H,6H2,1-5H3,(H,10,11). The van der Waals surface area contributed by atoms with Gasteiger partial charge in [-0.05, 0) is 19.3 Å². The van der Waals surface area contributed by atoms with Crippen molar-refractivity contribution in [1.82, 2.24) is 4.72 Å². The average Bonchev–Trinajstić information content (AvgIpc) is 1.79. The molecule has 0 rings (SSSR count). The SMILES string of the molecule is CC(C)S(=O)(=O)NC(=O)CC(C)(C)C. The first-order chi connectivity index (χ1) is 6.04. The fraction of sp³-hybridized carbons (Fsp3) is 0.889. The summed E-state index contributed by atoms with van der Waals surface area (Å²) in [6, 6.07) is 0. The second kappa shape index (κ2) is 4.29. The average molecular weight is 221 g/mol. The number of nitrogens with one attached hydrogen (secondary N) is 1. The molecule has 0 aliphatic rings. The molecule has 0 bridgehead atoms. The molecule has 1 N–H and O–H groups in total. The Kier molecular flexibility index (Phi) is 4.12. The molecule has 0 atom stereocenters. The number of sulfonamides is 1. The van der Waals surface area contributed by atoms with E-state index in [2.05, 4.69) is 0 Å². The Labute approximate surface area is 86.1 Å². The summed E-state index contributed by atoms with van der Waals surface area (Å²) in [7, 11) is -3.47. The van der Waals surface area contributed by atoms with Crippen molar-refractivity contribution in [1.29, 1.82) is 0 Å². The van der Waals surface area contributed by atoms with Gasteiger partial charge in [-0.15, -0.1) is 0 Å². The highest BCUT2D eigenvalue weighted by Crippen LogP contribution is 2.18. The lowest BCUT2D eigenvalue weighted by molar-refractivity contribution is -0.121. The number of hydrogen-bond donors (Lipinski definition) is 1. The molecule has 4 nitrogen and oxygen atoms in total. The van der Waals surface area contributed by atoms with Gasteiger partial charge < -0.3 is 0 Å². The molecule has 0 fully saturated rings. The van der Waals surface area contributed by atoms with Crippen LogP contribution < -0.4 is 4.72 Å². The fourth-order valence-electron chi connectivity index (χ4n) is 0.794. The molecule has 0 unspecified atom stereocenters. The lowest BCUT2D eigenvalue weighted by Crippen LogP contribution is -2.37. The smallest absolute Gasteiger partial charge is 0.237 e. The zero-order valence-electron chi connectivity index (χ0n) is 9.42. The number of carbonyl (C=O) groups is 1. The van der Waals surface area contributed by atoms with Crippen LogP contribution in [0.2, 0.25) is 0 Å². The summed E-state index contributed by atoms with van der Waals surface area (Å²) in [6.07, 6.45) is 0.207. The third-order valence-electron chi connectivity index (χ3n) is 1.57. The first kappa shape index (κ1) is 13.4. The van der Waals surface area contributed by atoms with Gasteiger partial charge in [0.1, 0.15) is 0 Å². The van der Waals surface area contributed by atoms with Gasteiger partial charge in [0.15, 0.2) is 0 Å². The fourth-order valence-corrected chi connectivity index (χ4v) is 1.42. The molecule has 0 spiro atoms. The molecule has 0 aromatic carbocycles. The summed E-state index contributed by atoms with van der Waals surface area (Å²) < 4.78 is 24.6. The highest BCUT2D eigenvalue weighted by Gasteiger charge is 2.22. The summed E-state index contributed by atoms with van der Waals surface area (Å²) in [5.41, 5.74) is -0.198. The number of rotatable bonds is 3. The van der Waals surface area contributed by atoms with E-state index in [1.807, 2.05) is 25.5 Å². The van der Waals surface area contributed by atoms with E-state index in [9.17, 15) is 13.2 Å². The van der Waals surface area contributed by atoms with Crippen molar-refractivity contribution in [3.05, 3.63) is 0 Å². The van der Waals surface area contributed by atoms with Crippen LogP contribution in [0.1, 0.15) is 41.0 Å². The molecular formula is C9H19NO3S. The molecule has 0 aliphatic carbocycles. The van der Waals surface area contributed by atoms with E-state index >= 15 is 0 Å². The van der Waals surface area contributed by atoms with E-state index in [1.165, 1.54) is 13.8 Å². The molecule has 0 aromatic rings. The maximum Gasteiger partial charge on any atom is 0.237 e. The predicted octanol–water partition coefficient (Wildman–Crippen LogP) is 1.28. The van der Waals surface area contributed by atoms with Crippen molar-refractivity contribution in [3.8, 4) is 0 Å². The first-order valence-electron chi connectivity index (χ1n) is 4.59. The van der Waals surface area contributed by atoms with Crippen molar-refractivity contribution >= 4 is 15.9 Å². The van der Waals surface area contributed by atoms with Gasteiger partial charge in [0.05, 0.1) is 5.25 Å². The number of carbonyl (C=O) groups excluding carboxylic acids is 1. The minimum absolute atomic E-state index is 0.198. The van der Waals surface area contributed by atoms with Crippen LogP contribution in [-0.4, -0.2) is 19.6 Å². The summed E-state index contributed by atoms with van der Waals surface area (Å²) in [6.45, 7) is 8.72. The van der Waals surface area contributed by atoms with Gasteiger partial charge in [-0.1, -0.05) is 20.8 Å². The van der Waals surface area contributed by atoms with Gasteiger partial charge >= 0.3 is 0 Å². The Hall–Kier alpha value is -0.580. The van der Waals surface area contributed by atoms with Gasteiger partial charge in [0, 0.05) is 6.42 Å². The topological polar surface area (TPSA) is 63.2 Å². The van der Waals surface area contributed by atoms with Crippen molar-refractivity contribution in [2.75, 3.05) is 0 Å². The van der Waals surface area contributed by atoms with Crippen molar-refractivity contribution in [3.63, 3.8) is 0 Å². The molecule has 5 heteroatoms. The monoisotopic (exact) mass is 221 g/mol. The molecule has 0 heterocycles. The van der Waals surface area contributed by atoms with E-state index in [0.717, 1.165) is 0 Å². The molecule has 0 radical (unpaired) electrons. The quantitative estimate of drug-likeness (QED) is 0.780. The van der Waals surface area contributed by atoms with E-state index in [4.69, 9.17) is 0 Å². The predicted molar refractivity (Wildman–Crippen MR) is 56.3 cm³/mol. The lowest BCUT2D eigenvalue weighted by atomic mass is 9.92. The summed E-state index contributed by atoms with van der Waals surface area (Å²) in [5, 5.41) is -0.577. The first-order valence-corrected chi connectivity index (χ1v) is 6.14. The van der Waals surface area contributed by atoms with Gasteiger partial charge in [0.25, 0.3) is 0 Å². The maximum absolute atomic E-state index is 11.3. The van der Waals surface area contributed by atoms with Crippen LogP contribution >= 0.6 is 0 Å². The Bertz CT molecular complexity index is 299. The van der Waals surface area contributed by atoms with E-state index in [-0.39, 0.29) is 11.8 Å². The third kappa shape index (κ3) is 5.21. The van der Waals surface area contributed by atoms with Gasteiger partial charge in [-0.3, -0.25) is 9.52 Å². The summed E-state index contributed by atoms with van der Waals surface area (Å²) in [4.78, 5) is 11.3. The lowest BCUT2D eigenvalue weighted by Gasteiger charge is -2.17. The van der Waals surface area contributed by atoms with Crippen molar-refractivity contribution in [2.45, 2.75) is 46.3 Å². The largest absolute Gasteiger partial charge is 0.274 e. The minimum atomic E-state index is -3.47. The van der Waals surface area contributed by atoms with Crippen LogP contribution in [0, 0.1) is 5.41 Å². The molecular weight excluding hydrogens is 202 g/mol. The Balaban J connectivity index is 4.36. The van der Waals surface area contributed by atoms with Gasteiger partial charge in [-0.25, -0.2) is 8.42 Å². The normalized spacial score (nSPS) is 13.0. The molecule has 0 saturated heterocycles. The van der Waals surface area contributed by atoms with Crippen molar-refractivity contribution in [2.24, 2.45) is 5.41 Å². The Morgan fingerprint density at radius 1 is 1.29 bits per heavy atom. The number of amides is 1. The molecule has 14 heavy (non-hydrogen) atoms.